The van der Waals surface area contributed by atoms with E-state index in [0.717, 1.165) is 0 Å². The Morgan fingerprint density at radius 2 is 0.490 bits per heavy atom. The van der Waals surface area contributed by atoms with Crippen molar-refractivity contribution in [3.8, 4) is 22.3 Å². The summed E-state index contributed by atoms with van der Waals surface area (Å²) in [5.41, 5.74) is 10.9. The molecule has 0 heterocycles. The van der Waals surface area contributed by atoms with E-state index in [4.69, 9.17) is 0 Å². The zero-order chi connectivity index (χ0) is 36.4. The van der Waals surface area contributed by atoms with Gasteiger partial charge in [0.25, 0.3) is 0 Å². The van der Waals surface area contributed by atoms with Gasteiger partial charge in [0.05, 0.1) is 5.41 Å². The maximum atomic E-state index is 2.31. The zero-order valence-corrected chi connectivity index (χ0v) is 31.7. The highest BCUT2D eigenvalue weighted by atomic mass is 14.5. The molecule has 256 valence electrons. The summed E-state index contributed by atoms with van der Waals surface area (Å²) in [6.45, 7) is 16.0. The van der Waals surface area contributed by atoms with Crippen LogP contribution >= 0.6 is 0 Å². The van der Waals surface area contributed by atoms with Gasteiger partial charge in [0.1, 0.15) is 0 Å². The molecule has 0 saturated heterocycles. The molecule has 0 bridgehead atoms. The monoisotopic (exact) mass is 664 g/mol. The van der Waals surface area contributed by atoms with E-state index in [1.807, 2.05) is 55.4 Å². The minimum absolute atomic E-state index is 0.180. The smallest absolute Gasteiger partial charge is 0.0683 e. The van der Waals surface area contributed by atoms with Gasteiger partial charge in [-0.1, -0.05) is 225 Å². The first-order valence-electron chi connectivity index (χ1n) is 19.0. The van der Waals surface area contributed by atoms with Gasteiger partial charge in [0, 0.05) is 0 Å². The molecule has 0 heteroatoms. The average molecular weight is 665 g/mol. The molecule has 0 radical (unpaired) electrons. The molecular formula is C51H52. The van der Waals surface area contributed by atoms with Crippen LogP contribution in [0.1, 0.15) is 77.6 Å². The van der Waals surface area contributed by atoms with Crippen molar-refractivity contribution in [1.82, 2.24) is 0 Å². The molecule has 2 aliphatic rings. The minimum Gasteiger partial charge on any atom is -0.0683 e. The minimum atomic E-state index is -0.180. The molecule has 0 nitrogen and oxygen atoms in total. The van der Waals surface area contributed by atoms with E-state index in [2.05, 4.69) is 170 Å². The molecule has 0 aliphatic heterocycles. The highest BCUT2D eigenvalue weighted by Gasteiger charge is 2.51. The van der Waals surface area contributed by atoms with Gasteiger partial charge in [-0.2, -0.15) is 0 Å². The first kappa shape index (κ1) is 36.8. The van der Waals surface area contributed by atoms with Crippen molar-refractivity contribution in [1.29, 1.82) is 0 Å². The van der Waals surface area contributed by atoms with Crippen molar-refractivity contribution in [2.45, 2.75) is 60.8 Å². The van der Waals surface area contributed by atoms with Crippen molar-refractivity contribution in [3.63, 3.8) is 0 Å². The van der Waals surface area contributed by atoms with Gasteiger partial charge in [0.15, 0.2) is 0 Å². The van der Waals surface area contributed by atoms with Crippen LogP contribution in [0.3, 0.4) is 0 Å². The standard InChI is InChI=1S/C25H16.C18H12.4C2H6/c1-5-13-21-17(9-1)18-10-2-6-14-22(18)25(21)23-15-7-3-11-19(23)20-12-4-8-16-24(20)25;1-3-7-15-13(5-1)9-11-18-16-8-4-2-6-14(16)10-12-17(15)18;4*1-2/h1-16H;1-12H;4*1-2H3. The first-order chi connectivity index (χ1) is 25.4. The molecule has 8 aromatic carbocycles. The van der Waals surface area contributed by atoms with Crippen LogP contribution in [0.2, 0.25) is 0 Å². The SMILES string of the molecule is CC.CC.CC.CC.c1ccc2c(c1)-c1ccccc1C21c2ccccc2-c2ccccc21.c1ccc2c(c1)ccc1c3ccccc3ccc21. The van der Waals surface area contributed by atoms with E-state index in [1.54, 1.807) is 0 Å². The molecule has 1 spiro atoms. The van der Waals surface area contributed by atoms with Crippen LogP contribution in [-0.4, -0.2) is 0 Å². The van der Waals surface area contributed by atoms with Crippen molar-refractivity contribution in [3.05, 3.63) is 192 Å². The third-order valence-corrected chi connectivity index (χ3v) is 9.56. The Balaban J connectivity index is 0.000000172. The van der Waals surface area contributed by atoms with E-state index in [1.165, 1.54) is 76.8 Å². The van der Waals surface area contributed by atoms with Gasteiger partial charge in [-0.3, -0.25) is 0 Å². The number of benzene rings is 8. The Hall–Kier alpha value is -5.46. The summed E-state index contributed by atoms with van der Waals surface area (Å²) in [6.07, 6.45) is 0. The topological polar surface area (TPSA) is 0 Å². The summed E-state index contributed by atoms with van der Waals surface area (Å²) in [5, 5.41) is 7.96. The summed E-state index contributed by atoms with van der Waals surface area (Å²) in [4.78, 5) is 0. The van der Waals surface area contributed by atoms with Crippen LogP contribution < -0.4 is 0 Å². The van der Waals surface area contributed by atoms with Gasteiger partial charge in [-0.25, -0.2) is 0 Å². The van der Waals surface area contributed by atoms with Gasteiger partial charge in [-0.05, 0) is 76.8 Å². The summed E-state index contributed by atoms with van der Waals surface area (Å²) in [6, 6.07) is 61.7. The highest BCUT2D eigenvalue weighted by molar-refractivity contribution is 6.17. The molecule has 51 heavy (non-hydrogen) atoms. The quantitative estimate of drug-likeness (QED) is 0.142. The molecule has 0 unspecified atom stereocenters. The van der Waals surface area contributed by atoms with Gasteiger partial charge < -0.3 is 0 Å². The fraction of sp³-hybridized carbons (Fsp3) is 0.176. The lowest BCUT2D eigenvalue weighted by atomic mass is 9.70. The lowest BCUT2D eigenvalue weighted by Gasteiger charge is -2.30. The van der Waals surface area contributed by atoms with Crippen molar-refractivity contribution in [2.75, 3.05) is 0 Å². The zero-order valence-electron chi connectivity index (χ0n) is 31.7. The van der Waals surface area contributed by atoms with Crippen LogP contribution in [0, 0.1) is 0 Å². The number of hydrogen-bond donors (Lipinski definition) is 0. The molecule has 8 aromatic rings. The van der Waals surface area contributed by atoms with Crippen molar-refractivity contribution >= 4 is 32.3 Å². The Labute approximate surface area is 306 Å². The Morgan fingerprint density at radius 3 is 0.804 bits per heavy atom. The van der Waals surface area contributed by atoms with Crippen molar-refractivity contribution < 1.29 is 0 Å². The van der Waals surface area contributed by atoms with E-state index in [0.29, 0.717) is 0 Å². The lowest BCUT2D eigenvalue weighted by Crippen LogP contribution is -2.25. The van der Waals surface area contributed by atoms with Gasteiger partial charge in [-0.15, -0.1) is 0 Å². The maximum Gasteiger partial charge on any atom is 0.0725 e. The molecule has 0 amide bonds. The van der Waals surface area contributed by atoms with Gasteiger partial charge >= 0.3 is 0 Å². The van der Waals surface area contributed by atoms with Crippen LogP contribution in [-0.2, 0) is 5.41 Å². The summed E-state index contributed by atoms with van der Waals surface area (Å²) >= 11 is 0. The predicted octanol–water partition coefficient (Wildman–Crippen LogP) is 15.3. The number of fused-ring (bicyclic) bond motifs is 15. The third kappa shape index (κ3) is 6.14. The second-order valence-electron chi connectivity index (χ2n) is 11.6. The second-order valence-corrected chi connectivity index (χ2v) is 11.6. The van der Waals surface area contributed by atoms with E-state index < -0.39 is 0 Å². The number of rotatable bonds is 0. The second kappa shape index (κ2) is 17.0. The first-order valence-corrected chi connectivity index (χ1v) is 19.0. The fourth-order valence-electron chi connectivity index (χ4n) is 7.82. The maximum absolute atomic E-state index is 2.31. The van der Waals surface area contributed by atoms with Crippen LogP contribution in [0.15, 0.2) is 170 Å². The molecule has 0 N–H and O–H groups in total. The molecule has 0 aromatic heterocycles. The summed E-state index contributed by atoms with van der Waals surface area (Å²) in [5.74, 6) is 0. The molecule has 10 rings (SSSR count). The molecule has 0 atom stereocenters. The molecule has 0 fully saturated rings. The number of hydrogen-bond acceptors (Lipinski definition) is 0. The van der Waals surface area contributed by atoms with E-state index in [9.17, 15) is 0 Å². The largest absolute Gasteiger partial charge is 0.0725 e. The summed E-state index contributed by atoms with van der Waals surface area (Å²) < 4.78 is 0. The highest BCUT2D eigenvalue weighted by Crippen LogP contribution is 2.62. The fourth-order valence-corrected chi connectivity index (χ4v) is 7.82. The summed E-state index contributed by atoms with van der Waals surface area (Å²) in [7, 11) is 0. The van der Waals surface area contributed by atoms with Crippen LogP contribution in [0.5, 0.6) is 0 Å². The van der Waals surface area contributed by atoms with Crippen LogP contribution in [0.25, 0.3) is 54.6 Å². The van der Waals surface area contributed by atoms with E-state index >= 15 is 0 Å². The van der Waals surface area contributed by atoms with E-state index in [-0.39, 0.29) is 5.41 Å². The predicted molar refractivity (Wildman–Crippen MR) is 227 cm³/mol. The molecular weight excluding hydrogens is 613 g/mol. The normalized spacial score (nSPS) is 11.7. The van der Waals surface area contributed by atoms with Crippen molar-refractivity contribution in [2.24, 2.45) is 0 Å². The molecule has 2 aliphatic carbocycles. The average Bonchev–Trinajstić information content (AvgIpc) is 3.71. The Kier molecular flexibility index (Phi) is 12.2. The Morgan fingerprint density at radius 1 is 0.235 bits per heavy atom. The van der Waals surface area contributed by atoms with Gasteiger partial charge in [0.2, 0.25) is 0 Å². The third-order valence-electron chi connectivity index (χ3n) is 9.56. The Bertz CT molecular complexity index is 2090. The molecule has 0 saturated carbocycles. The lowest BCUT2D eigenvalue weighted by molar-refractivity contribution is 0.794. The van der Waals surface area contributed by atoms with Crippen LogP contribution in [0.4, 0.5) is 0 Å².